The Morgan fingerprint density at radius 3 is 2.03 bits per heavy atom. The van der Waals surface area contributed by atoms with Crippen LogP contribution >= 0.6 is 0 Å². The summed E-state index contributed by atoms with van der Waals surface area (Å²) in [5, 5.41) is 8.38. The van der Waals surface area contributed by atoms with Gasteiger partial charge in [-0.3, -0.25) is 4.79 Å². The van der Waals surface area contributed by atoms with Crippen LogP contribution in [0.15, 0.2) is 54.6 Å². The highest BCUT2D eigenvalue weighted by molar-refractivity contribution is 6.10. The monoisotopic (exact) mass is 435 g/mol. The molecule has 0 amide bonds. The number of carbonyl (C=O) groups is 2. The molecule has 0 aromatic heterocycles. The Kier molecular flexibility index (Phi) is 8.94. The highest BCUT2D eigenvalue weighted by Gasteiger charge is 2.26. The van der Waals surface area contributed by atoms with Crippen molar-refractivity contribution in [2.45, 2.75) is 53.9 Å². The average molecular weight is 436 g/mol. The summed E-state index contributed by atoms with van der Waals surface area (Å²) in [4.78, 5) is 24.0. The van der Waals surface area contributed by atoms with Crippen molar-refractivity contribution in [1.82, 2.24) is 0 Å². The standard InChI is InChI=1S/C27H33NO4/c1-6-7-8-17-31-23-15-13-20(14-16-23)19(2)18-24(28)21-9-11-22(12-10-21)25(29)32-26(30)27(3,4)5/h9-16,18,28H,6-8,17H2,1-5H3. The van der Waals surface area contributed by atoms with Crippen LogP contribution in [0, 0.1) is 10.8 Å². The summed E-state index contributed by atoms with van der Waals surface area (Å²) in [6, 6.07) is 14.4. The van der Waals surface area contributed by atoms with Gasteiger partial charge in [0.25, 0.3) is 0 Å². The van der Waals surface area contributed by atoms with Gasteiger partial charge < -0.3 is 14.9 Å². The molecule has 0 unspecified atom stereocenters. The van der Waals surface area contributed by atoms with Crippen LogP contribution in [0.25, 0.3) is 5.57 Å². The maximum atomic E-state index is 12.2. The molecule has 0 aliphatic rings. The van der Waals surface area contributed by atoms with E-state index in [1.54, 1.807) is 51.1 Å². The Bertz CT molecular complexity index is 964. The van der Waals surface area contributed by atoms with E-state index < -0.39 is 17.4 Å². The molecule has 32 heavy (non-hydrogen) atoms. The summed E-state index contributed by atoms with van der Waals surface area (Å²) in [6.07, 6.45) is 5.17. The fraction of sp³-hybridized carbons (Fsp3) is 0.370. The highest BCUT2D eigenvalue weighted by Crippen LogP contribution is 2.20. The van der Waals surface area contributed by atoms with Crippen LogP contribution in [0.2, 0.25) is 0 Å². The first-order chi connectivity index (χ1) is 15.1. The van der Waals surface area contributed by atoms with Crippen LogP contribution in [-0.2, 0) is 9.53 Å². The maximum absolute atomic E-state index is 12.2. The van der Waals surface area contributed by atoms with Gasteiger partial charge in [-0.15, -0.1) is 0 Å². The molecule has 170 valence electrons. The quantitative estimate of drug-likeness (QED) is 0.212. The third-order valence-corrected chi connectivity index (χ3v) is 4.92. The SMILES string of the molecule is CCCCCOc1ccc(C(C)=CC(=N)c2ccc(C(=O)OC(=O)C(C)(C)C)cc2)cc1. The van der Waals surface area contributed by atoms with Gasteiger partial charge in [-0.1, -0.05) is 44.0 Å². The molecule has 0 heterocycles. The molecule has 0 spiro atoms. The molecule has 1 N–H and O–H groups in total. The number of carbonyl (C=O) groups excluding carboxylic acids is 2. The lowest BCUT2D eigenvalue weighted by Gasteiger charge is -2.15. The number of unbranched alkanes of at least 4 members (excludes halogenated alkanes) is 2. The Morgan fingerprint density at radius 2 is 1.47 bits per heavy atom. The van der Waals surface area contributed by atoms with Gasteiger partial charge in [0.05, 0.1) is 23.3 Å². The minimum atomic E-state index is -0.751. The van der Waals surface area contributed by atoms with Crippen LogP contribution < -0.4 is 4.74 Å². The fourth-order valence-electron chi connectivity index (χ4n) is 2.82. The smallest absolute Gasteiger partial charge is 0.345 e. The molecule has 0 aliphatic carbocycles. The summed E-state index contributed by atoms with van der Waals surface area (Å²) < 4.78 is 10.7. The topological polar surface area (TPSA) is 76.4 Å². The molecule has 0 fully saturated rings. The van der Waals surface area contributed by atoms with E-state index in [1.807, 2.05) is 31.2 Å². The minimum Gasteiger partial charge on any atom is -0.494 e. The van der Waals surface area contributed by atoms with Crippen molar-refractivity contribution in [2.24, 2.45) is 5.41 Å². The summed E-state index contributed by atoms with van der Waals surface area (Å²) in [5.74, 6) is -0.415. The molecule has 0 saturated carbocycles. The number of allylic oxidation sites excluding steroid dienone is 2. The van der Waals surface area contributed by atoms with Crippen molar-refractivity contribution in [3.05, 3.63) is 71.3 Å². The Balaban J connectivity index is 2.00. The third kappa shape index (κ3) is 7.49. The van der Waals surface area contributed by atoms with Crippen LogP contribution in [0.3, 0.4) is 0 Å². The van der Waals surface area contributed by atoms with Gasteiger partial charge >= 0.3 is 11.9 Å². The van der Waals surface area contributed by atoms with Gasteiger partial charge in [0.1, 0.15) is 5.75 Å². The molecule has 0 aliphatic heterocycles. The molecule has 0 atom stereocenters. The zero-order valence-corrected chi connectivity index (χ0v) is 19.7. The van der Waals surface area contributed by atoms with E-state index in [0.29, 0.717) is 11.3 Å². The Morgan fingerprint density at radius 1 is 0.906 bits per heavy atom. The number of rotatable bonds is 9. The molecular formula is C27H33NO4. The lowest BCUT2D eigenvalue weighted by atomic mass is 9.97. The largest absolute Gasteiger partial charge is 0.494 e. The van der Waals surface area contributed by atoms with Gasteiger partial charge in [-0.05, 0) is 81.2 Å². The number of hydrogen-bond donors (Lipinski definition) is 1. The van der Waals surface area contributed by atoms with Gasteiger partial charge in [-0.25, -0.2) is 4.79 Å². The van der Waals surface area contributed by atoms with Crippen LogP contribution in [0.5, 0.6) is 5.75 Å². The molecule has 2 aromatic rings. The molecule has 0 radical (unpaired) electrons. The van der Waals surface area contributed by atoms with E-state index >= 15 is 0 Å². The normalized spacial score (nSPS) is 11.7. The van der Waals surface area contributed by atoms with E-state index in [4.69, 9.17) is 14.9 Å². The predicted octanol–water partition coefficient (Wildman–Crippen LogP) is 6.46. The van der Waals surface area contributed by atoms with Crippen molar-refractivity contribution in [1.29, 1.82) is 5.41 Å². The van der Waals surface area contributed by atoms with Crippen LogP contribution in [0.4, 0.5) is 0 Å². The number of benzene rings is 2. The van der Waals surface area contributed by atoms with E-state index in [9.17, 15) is 9.59 Å². The average Bonchev–Trinajstić information content (AvgIpc) is 2.76. The van der Waals surface area contributed by atoms with E-state index in [-0.39, 0.29) is 5.56 Å². The van der Waals surface area contributed by atoms with Crippen molar-refractivity contribution in [3.8, 4) is 5.75 Å². The second-order valence-corrected chi connectivity index (χ2v) is 8.83. The lowest BCUT2D eigenvalue weighted by molar-refractivity contribution is -0.146. The van der Waals surface area contributed by atoms with E-state index in [2.05, 4.69) is 6.92 Å². The lowest BCUT2D eigenvalue weighted by Crippen LogP contribution is -2.25. The summed E-state index contributed by atoms with van der Waals surface area (Å²) in [7, 11) is 0. The van der Waals surface area contributed by atoms with Crippen molar-refractivity contribution >= 4 is 23.2 Å². The summed E-state index contributed by atoms with van der Waals surface area (Å²) in [5.41, 5.74) is 2.48. The second-order valence-electron chi connectivity index (χ2n) is 8.83. The molecular weight excluding hydrogens is 402 g/mol. The molecule has 2 aromatic carbocycles. The molecule has 5 nitrogen and oxygen atoms in total. The summed E-state index contributed by atoms with van der Waals surface area (Å²) >= 11 is 0. The Hall–Kier alpha value is -3.21. The number of ether oxygens (including phenoxy) is 2. The zero-order valence-electron chi connectivity index (χ0n) is 19.7. The first-order valence-electron chi connectivity index (χ1n) is 11.0. The molecule has 2 rings (SSSR count). The highest BCUT2D eigenvalue weighted by atomic mass is 16.6. The predicted molar refractivity (Wildman–Crippen MR) is 128 cm³/mol. The summed E-state index contributed by atoms with van der Waals surface area (Å²) in [6.45, 7) is 9.91. The number of esters is 2. The van der Waals surface area contributed by atoms with Gasteiger partial charge in [0.2, 0.25) is 0 Å². The van der Waals surface area contributed by atoms with Gasteiger partial charge in [-0.2, -0.15) is 0 Å². The zero-order chi connectivity index (χ0) is 23.7. The first-order valence-corrected chi connectivity index (χ1v) is 11.0. The van der Waals surface area contributed by atoms with Crippen molar-refractivity contribution < 1.29 is 19.1 Å². The number of nitrogens with one attached hydrogen (secondary N) is 1. The Labute approximate surface area is 191 Å². The second kappa shape index (κ2) is 11.4. The number of hydrogen-bond acceptors (Lipinski definition) is 5. The van der Waals surface area contributed by atoms with E-state index in [1.165, 1.54) is 12.8 Å². The van der Waals surface area contributed by atoms with Gasteiger partial charge in [0.15, 0.2) is 0 Å². The van der Waals surface area contributed by atoms with Crippen molar-refractivity contribution in [3.63, 3.8) is 0 Å². The van der Waals surface area contributed by atoms with Crippen LogP contribution in [-0.4, -0.2) is 24.3 Å². The first kappa shape index (κ1) is 25.1. The molecule has 0 bridgehead atoms. The minimum absolute atomic E-state index is 0.273. The third-order valence-electron chi connectivity index (χ3n) is 4.92. The molecule has 0 saturated heterocycles. The van der Waals surface area contributed by atoms with Crippen LogP contribution in [0.1, 0.15) is 75.4 Å². The van der Waals surface area contributed by atoms with Gasteiger partial charge in [0, 0.05) is 0 Å². The maximum Gasteiger partial charge on any atom is 0.345 e. The van der Waals surface area contributed by atoms with E-state index in [0.717, 1.165) is 29.9 Å². The fourth-order valence-corrected chi connectivity index (χ4v) is 2.82. The molecule has 5 heteroatoms. The van der Waals surface area contributed by atoms with Crippen molar-refractivity contribution in [2.75, 3.05) is 6.61 Å².